The second kappa shape index (κ2) is 7.73. The summed E-state index contributed by atoms with van der Waals surface area (Å²) >= 11 is 0. The monoisotopic (exact) mass is 262 g/mol. The quantitative estimate of drug-likeness (QED) is 0.499. The van der Waals surface area contributed by atoms with Crippen LogP contribution in [0.25, 0.3) is 0 Å². The summed E-state index contributed by atoms with van der Waals surface area (Å²) in [6.45, 7) is 5.17. The average molecular weight is 262 g/mol. The molecule has 0 fully saturated rings. The maximum atomic E-state index is 11.3. The molecule has 0 rings (SSSR count). The van der Waals surface area contributed by atoms with Crippen molar-refractivity contribution in [3.63, 3.8) is 0 Å². The number of aliphatic hydroxyl groups excluding tert-OH is 1. The van der Waals surface area contributed by atoms with Crippen LogP contribution in [-0.2, 0) is 18.1 Å². The Morgan fingerprint density at radius 1 is 1.29 bits per heavy atom. The molecule has 0 aromatic carbocycles. The average Bonchev–Trinajstić information content (AvgIpc) is 2.31. The van der Waals surface area contributed by atoms with Gasteiger partial charge in [0, 0.05) is 33.8 Å². The molecule has 0 aliphatic rings. The number of allylic oxidation sites excluding steroid dienone is 1. The number of hydrogen-bond donors (Lipinski definition) is 1. The van der Waals surface area contributed by atoms with Crippen molar-refractivity contribution in [3.8, 4) is 0 Å². The van der Waals surface area contributed by atoms with Gasteiger partial charge in [-0.3, -0.25) is 4.79 Å². The lowest BCUT2D eigenvalue weighted by atomic mass is 10.1. The molecule has 0 radical (unpaired) electrons. The molecule has 0 saturated heterocycles. The van der Waals surface area contributed by atoms with Gasteiger partial charge in [0.25, 0.3) is 0 Å². The van der Waals surface area contributed by atoms with Gasteiger partial charge in [-0.05, 0) is 18.9 Å². The zero-order chi connectivity index (χ0) is 13.5. The first-order chi connectivity index (χ1) is 7.90. The van der Waals surface area contributed by atoms with E-state index in [4.69, 9.17) is 13.3 Å². The highest BCUT2D eigenvalue weighted by Crippen LogP contribution is 2.18. The minimum atomic E-state index is -2.65. The first-order valence-corrected chi connectivity index (χ1v) is 7.36. The van der Waals surface area contributed by atoms with Crippen molar-refractivity contribution in [2.75, 3.05) is 21.3 Å². The molecule has 1 unspecified atom stereocenters. The van der Waals surface area contributed by atoms with Gasteiger partial charge < -0.3 is 18.4 Å². The fraction of sp³-hybridized carbons (Fsp3) is 0.727. The van der Waals surface area contributed by atoms with E-state index in [9.17, 15) is 9.90 Å². The van der Waals surface area contributed by atoms with Crippen molar-refractivity contribution in [1.29, 1.82) is 0 Å². The molecule has 0 spiro atoms. The van der Waals surface area contributed by atoms with E-state index in [2.05, 4.69) is 6.58 Å². The summed E-state index contributed by atoms with van der Waals surface area (Å²) in [7, 11) is 1.90. The van der Waals surface area contributed by atoms with E-state index in [1.54, 1.807) is 6.92 Å². The predicted molar refractivity (Wildman–Crippen MR) is 66.6 cm³/mol. The van der Waals surface area contributed by atoms with Crippen LogP contribution in [0.1, 0.15) is 19.8 Å². The van der Waals surface area contributed by atoms with E-state index >= 15 is 0 Å². The van der Waals surface area contributed by atoms with Gasteiger partial charge in [-0.2, -0.15) is 0 Å². The molecular weight excluding hydrogens is 240 g/mol. The summed E-state index contributed by atoms with van der Waals surface area (Å²) in [5.41, 5.74) is 0.456. The van der Waals surface area contributed by atoms with Crippen molar-refractivity contribution in [1.82, 2.24) is 0 Å². The van der Waals surface area contributed by atoms with Crippen LogP contribution in [-0.4, -0.2) is 47.1 Å². The van der Waals surface area contributed by atoms with Crippen LogP contribution in [0.15, 0.2) is 12.2 Å². The minimum absolute atomic E-state index is 0.0803. The third kappa shape index (κ3) is 5.56. The van der Waals surface area contributed by atoms with Crippen LogP contribution in [0.3, 0.4) is 0 Å². The Morgan fingerprint density at radius 3 is 2.12 bits per heavy atom. The van der Waals surface area contributed by atoms with E-state index in [-0.39, 0.29) is 12.2 Å². The van der Waals surface area contributed by atoms with E-state index in [1.807, 2.05) is 0 Å². The van der Waals surface area contributed by atoms with Gasteiger partial charge in [0.1, 0.15) is 0 Å². The van der Waals surface area contributed by atoms with Gasteiger partial charge in [-0.15, -0.1) is 0 Å². The summed E-state index contributed by atoms with van der Waals surface area (Å²) in [4.78, 5) is 11.3. The molecule has 0 amide bonds. The Bertz CT molecular complexity index is 254. The number of rotatable bonds is 9. The van der Waals surface area contributed by atoms with E-state index in [0.717, 1.165) is 0 Å². The molecule has 0 aromatic rings. The molecule has 100 valence electrons. The van der Waals surface area contributed by atoms with Crippen LogP contribution in [0.4, 0.5) is 0 Å². The Kier molecular flexibility index (Phi) is 7.49. The number of hydrogen-bond acceptors (Lipinski definition) is 5. The summed E-state index contributed by atoms with van der Waals surface area (Å²) in [5.74, 6) is -0.128. The van der Waals surface area contributed by atoms with Crippen molar-refractivity contribution in [3.05, 3.63) is 12.2 Å². The zero-order valence-electron chi connectivity index (χ0n) is 11.0. The third-order valence-electron chi connectivity index (χ3n) is 2.61. The fourth-order valence-corrected chi connectivity index (χ4v) is 3.19. The molecule has 17 heavy (non-hydrogen) atoms. The van der Waals surface area contributed by atoms with Crippen LogP contribution >= 0.6 is 0 Å². The predicted octanol–water partition coefficient (Wildman–Crippen LogP) is 1.15. The molecule has 1 N–H and O–H groups in total. The van der Waals surface area contributed by atoms with E-state index in [0.29, 0.717) is 18.0 Å². The van der Waals surface area contributed by atoms with Gasteiger partial charge in [0.2, 0.25) is 0 Å². The van der Waals surface area contributed by atoms with E-state index in [1.165, 1.54) is 21.3 Å². The molecule has 5 nitrogen and oxygen atoms in total. The lowest BCUT2D eigenvalue weighted by Gasteiger charge is -2.25. The number of carbonyl (C=O) groups is 1. The highest BCUT2D eigenvalue weighted by atomic mass is 28.4. The molecule has 0 aromatic heterocycles. The van der Waals surface area contributed by atoms with Crippen molar-refractivity contribution in [2.24, 2.45) is 0 Å². The second-order valence-electron chi connectivity index (χ2n) is 3.90. The zero-order valence-corrected chi connectivity index (χ0v) is 12.0. The maximum absolute atomic E-state index is 11.3. The Balaban J connectivity index is 4.18. The number of ketones is 1. The topological polar surface area (TPSA) is 65.0 Å². The van der Waals surface area contributed by atoms with Crippen LogP contribution in [0.5, 0.6) is 0 Å². The largest absolute Gasteiger partial charge is 0.500 e. The molecule has 0 aliphatic heterocycles. The summed E-state index contributed by atoms with van der Waals surface area (Å²) in [5, 5.41) is 9.71. The molecular formula is C11H22O5Si. The lowest BCUT2D eigenvalue weighted by molar-refractivity contribution is -0.117. The SMILES string of the molecule is C=C(C)C(=O)CC(O)CC[Si](OC)(OC)OC. The number of carbonyl (C=O) groups excluding carboxylic acids is 1. The Hall–Kier alpha value is -0.533. The standard InChI is InChI=1S/C11H22O5Si/c1-9(2)11(13)8-10(12)6-7-17(14-3,15-4)16-5/h10,12H,1,6-8H2,2-5H3. The van der Waals surface area contributed by atoms with Gasteiger partial charge >= 0.3 is 8.80 Å². The molecule has 0 saturated carbocycles. The first kappa shape index (κ1) is 16.5. The molecule has 0 heterocycles. The van der Waals surface area contributed by atoms with Gasteiger partial charge in [-0.25, -0.2) is 0 Å². The van der Waals surface area contributed by atoms with Crippen molar-refractivity contribution in [2.45, 2.75) is 31.9 Å². The highest BCUT2D eigenvalue weighted by molar-refractivity contribution is 6.60. The minimum Gasteiger partial charge on any atom is -0.393 e. The molecule has 6 heteroatoms. The first-order valence-electron chi connectivity index (χ1n) is 5.43. The second-order valence-corrected chi connectivity index (χ2v) is 6.99. The molecule has 0 aliphatic carbocycles. The lowest BCUT2D eigenvalue weighted by Crippen LogP contribution is -2.43. The van der Waals surface area contributed by atoms with Crippen molar-refractivity contribution < 1.29 is 23.2 Å². The Morgan fingerprint density at radius 2 is 1.76 bits per heavy atom. The van der Waals surface area contributed by atoms with Crippen LogP contribution in [0, 0.1) is 0 Å². The summed E-state index contributed by atoms with van der Waals surface area (Å²) < 4.78 is 15.7. The maximum Gasteiger partial charge on any atom is 0.500 e. The normalized spacial score (nSPS) is 13.5. The van der Waals surface area contributed by atoms with Crippen LogP contribution < -0.4 is 0 Å². The smallest absolute Gasteiger partial charge is 0.393 e. The molecule has 0 bridgehead atoms. The number of Topliss-reactive ketones (excluding diaryl/α,β-unsaturated/α-hetero) is 1. The van der Waals surface area contributed by atoms with Crippen molar-refractivity contribution >= 4 is 14.6 Å². The van der Waals surface area contributed by atoms with E-state index < -0.39 is 14.9 Å². The molecule has 1 atom stereocenters. The van der Waals surface area contributed by atoms with Crippen LogP contribution in [0.2, 0.25) is 6.04 Å². The fourth-order valence-electron chi connectivity index (χ4n) is 1.39. The summed E-state index contributed by atoms with van der Waals surface area (Å²) in [6.07, 6.45) is -0.232. The highest BCUT2D eigenvalue weighted by Gasteiger charge is 2.37. The Labute approximate surface area is 104 Å². The third-order valence-corrected chi connectivity index (χ3v) is 5.38. The van der Waals surface area contributed by atoms with Gasteiger partial charge in [0.15, 0.2) is 5.78 Å². The summed E-state index contributed by atoms with van der Waals surface area (Å²) in [6, 6.07) is 0.473. The van der Waals surface area contributed by atoms with Gasteiger partial charge in [-0.1, -0.05) is 6.58 Å². The van der Waals surface area contributed by atoms with Gasteiger partial charge in [0.05, 0.1) is 6.10 Å². The number of aliphatic hydroxyl groups is 1.